The van der Waals surface area contributed by atoms with E-state index in [0.717, 1.165) is 18.4 Å². The Morgan fingerprint density at radius 3 is 2.04 bits per heavy atom. The van der Waals surface area contributed by atoms with Crippen LogP contribution < -0.4 is 5.32 Å². The Balaban J connectivity index is 1.47. The molecule has 0 atom stereocenters. The number of benzene rings is 2. The fourth-order valence-electron chi connectivity index (χ4n) is 3.03. The van der Waals surface area contributed by atoms with Gasteiger partial charge in [0.15, 0.2) is 0 Å². The van der Waals surface area contributed by atoms with Crippen LogP contribution in [0.4, 0.5) is 0 Å². The van der Waals surface area contributed by atoms with Gasteiger partial charge in [0.25, 0.3) is 5.91 Å². The molecule has 1 aliphatic rings. The lowest BCUT2D eigenvalue weighted by Gasteiger charge is -2.32. The molecule has 1 saturated heterocycles. The Hall–Kier alpha value is -2.04. The lowest BCUT2D eigenvalue weighted by Crippen LogP contribution is -2.46. The zero-order valence-corrected chi connectivity index (χ0v) is 15.8. The Morgan fingerprint density at radius 2 is 1.46 bits per heavy atom. The molecule has 1 fully saturated rings. The quantitative estimate of drug-likeness (QED) is 0.858. The van der Waals surface area contributed by atoms with E-state index >= 15 is 0 Å². The van der Waals surface area contributed by atoms with Gasteiger partial charge in [-0.25, -0.2) is 0 Å². The second-order valence-electron chi connectivity index (χ2n) is 6.44. The number of carbonyl (C=O) groups excluding carboxylic acids is 2. The first-order chi connectivity index (χ1) is 12.5. The molecule has 2 amide bonds. The van der Waals surface area contributed by atoms with E-state index in [1.165, 1.54) is 0 Å². The van der Waals surface area contributed by atoms with E-state index in [-0.39, 0.29) is 17.9 Å². The van der Waals surface area contributed by atoms with Crippen molar-refractivity contribution in [3.8, 4) is 0 Å². The fourth-order valence-corrected chi connectivity index (χ4v) is 3.28. The van der Waals surface area contributed by atoms with Crippen LogP contribution >= 0.6 is 23.2 Å². The van der Waals surface area contributed by atoms with E-state index < -0.39 is 0 Å². The van der Waals surface area contributed by atoms with Gasteiger partial charge in [-0.05, 0) is 54.8 Å². The van der Waals surface area contributed by atoms with Gasteiger partial charge in [-0.2, -0.15) is 0 Å². The first-order valence-corrected chi connectivity index (χ1v) is 9.35. The van der Waals surface area contributed by atoms with Crippen molar-refractivity contribution in [1.29, 1.82) is 0 Å². The number of hydrogen-bond donors (Lipinski definition) is 1. The molecule has 0 aromatic heterocycles. The van der Waals surface area contributed by atoms with Crippen molar-refractivity contribution in [2.45, 2.75) is 25.3 Å². The van der Waals surface area contributed by atoms with Crippen LogP contribution in [0.2, 0.25) is 10.0 Å². The highest BCUT2D eigenvalue weighted by Crippen LogP contribution is 2.15. The van der Waals surface area contributed by atoms with Crippen molar-refractivity contribution < 1.29 is 9.59 Å². The maximum atomic E-state index is 12.4. The summed E-state index contributed by atoms with van der Waals surface area (Å²) in [5.74, 6) is 0.00223. The van der Waals surface area contributed by atoms with Crippen LogP contribution in [0, 0.1) is 0 Å². The predicted octanol–water partition coefficient (Wildman–Crippen LogP) is 3.96. The van der Waals surface area contributed by atoms with E-state index in [1.54, 1.807) is 36.4 Å². The van der Waals surface area contributed by atoms with Gasteiger partial charge >= 0.3 is 0 Å². The second-order valence-corrected chi connectivity index (χ2v) is 7.31. The summed E-state index contributed by atoms with van der Waals surface area (Å²) in [7, 11) is 0. The maximum Gasteiger partial charge on any atom is 0.251 e. The summed E-state index contributed by atoms with van der Waals surface area (Å²) in [5.41, 5.74) is 1.55. The number of halogens is 2. The van der Waals surface area contributed by atoms with E-state index in [4.69, 9.17) is 23.2 Å². The monoisotopic (exact) mass is 390 g/mol. The molecule has 0 saturated carbocycles. The van der Waals surface area contributed by atoms with Gasteiger partial charge in [-0.1, -0.05) is 35.3 Å². The normalized spacial score (nSPS) is 14.9. The van der Waals surface area contributed by atoms with Gasteiger partial charge in [0.1, 0.15) is 0 Å². The third-order valence-corrected chi connectivity index (χ3v) is 5.06. The van der Waals surface area contributed by atoms with E-state index in [0.29, 0.717) is 35.1 Å². The van der Waals surface area contributed by atoms with Crippen LogP contribution in [0.1, 0.15) is 28.8 Å². The number of nitrogens with one attached hydrogen (secondary N) is 1. The first kappa shape index (κ1) is 18.7. The summed E-state index contributed by atoms with van der Waals surface area (Å²) in [4.78, 5) is 26.6. The first-order valence-electron chi connectivity index (χ1n) is 8.60. The molecule has 0 bridgehead atoms. The van der Waals surface area contributed by atoms with Crippen LogP contribution in [-0.2, 0) is 11.2 Å². The Kier molecular flexibility index (Phi) is 6.17. The number of amides is 2. The van der Waals surface area contributed by atoms with Crippen molar-refractivity contribution in [2.24, 2.45) is 0 Å². The van der Waals surface area contributed by atoms with Gasteiger partial charge in [-0.3, -0.25) is 9.59 Å². The van der Waals surface area contributed by atoms with Crippen LogP contribution in [-0.4, -0.2) is 35.8 Å². The summed E-state index contributed by atoms with van der Waals surface area (Å²) >= 11 is 11.7. The van der Waals surface area contributed by atoms with Crippen molar-refractivity contribution >= 4 is 35.0 Å². The summed E-state index contributed by atoms with van der Waals surface area (Å²) in [5, 5.41) is 4.31. The van der Waals surface area contributed by atoms with Crippen molar-refractivity contribution in [3.05, 3.63) is 69.7 Å². The molecule has 0 unspecified atom stereocenters. The fraction of sp³-hybridized carbons (Fsp3) is 0.300. The zero-order valence-electron chi connectivity index (χ0n) is 14.3. The maximum absolute atomic E-state index is 12.4. The molecule has 136 valence electrons. The van der Waals surface area contributed by atoms with Gasteiger partial charge < -0.3 is 10.2 Å². The van der Waals surface area contributed by atoms with E-state index in [1.807, 2.05) is 17.0 Å². The number of likely N-dealkylation sites (tertiary alicyclic amines) is 1. The lowest BCUT2D eigenvalue weighted by atomic mass is 10.0. The Morgan fingerprint density at radius 1 is 0.923 bits per heavy atom. The SMILES string of the molecule is O=C(NC1CCN(C(=O)Cc2ccc(Cl)cc2)CC1)c1ccc(Cl)cc1. The summed E-state index contributed by atoms with van der Waals surface area (Å²) in [6.45, 7) is 1.30. The molecule has 1 aliphatic heterocycles. The van der Waals surface area contributed by atoms with Crippen molar-refractivity contribution in [2.75, 3.05) is 13.1 Å². The minimum Gasteiger partial charge on any atom is -0.349 e. The highest BCUT2D eigenvalue weighted by molar-refractivity contribution is 6.30. The van der Waals surface area contributed by atoms with Gasteiger partial charge in [0, 0.05) is 34.7 Å². The molecule has 26 heavy (non-hydrogen) atoms. The molecule has 6 heteroatoms. The molecule has 2 aromatic carbocycles. The molecule has 1 heterocycles. The number of piperidine rings is 1. The van der Waals surface area contributed by atoms with Crippen molar-refractivity contribution in [3.63, 3.8) is 0 Å². The lowest BCUT2D eigenvalue weighted by molar-refractivity contribution is -0.131. The summed E-state index contributed by atoms with van der Waals surface area (Å²) in [6.07, 6.45) is 1.89. The molecule has 1 N–H and O–H groups in total. The third-order valence-electron chi connectivity index (χ3n) is 4.56. The summed E-state index contributed by atoms with van der Waals surface area (Å²) in [6, 6.07) is 14.2. The molecule has 3 rings (SSSR count). The number of carbonyl (C=O) groups is 2. The Labute approximate surface area is 163 Å². The predicted molar refractivity (Wildman–Crippen MR) is 104 cm³/mol. The van der Waals surface area contributed by atoms with E-state index in [9.17, 15) is 9.59 Å². The topological polar surface area (TPSA) is 49.4 Å². The number of rotatable bonds is 4. The molecular weight excluding hydrogens is 371 g/mol. The Bertz CT molecular complexity index is 767. The van der Waals surface area contributed by atoms with Gasteiger partial charge in [-0.15, -0.1) is 0 Å². The second kappa shape index (κ2) is 8.56. The molecule has 0 aliphatic carbocycles. The van der Waals surface area contributed by atoms with E-state index in [2.05, 4.69) is 5.32 Å². The third kappa shape index (κ3) is 4.99. The molecule has 0 spiro atoms. The summed E-state index contributed by atoms with van der Waals surface area (Å²) < 4.78 is 0. The molecule has 2 aromatic rings. The molecular formula is C20H20Cl2N2O2. The average Bonchev–Trinajstić information content (AvgIpc) is 2.64. The number of nitrogens with zero attached hydrogens (tertiary/aromatic N) is 1. The van der Waals surface area contributed by atoms with Gasteiger partial charge in [0.05, 0.1) is 6.42 Å². The largest absolute Gasteiger partial charge is 0.349 e. The standard InChI is InChI=1S/C20H20Cl2N2O2/c21-16-5-1-14(2-6-16)13-19(25)24-11-9-18(10-12-24)23-20(26)15-3-7-17(22)8-4-15/h1-8,18H,9-13H2,(H,23,26). The van der Waals surface area contributed by atoms with Crippen LogP contribution in [0.15, 0.2) is 48.5 Å². The zero-order chi connectivity index (χ0) is 18.5. The minimum atomic E-state index is -0.104. The molecule has 4 nitrogen and oxygen atoms in total. The van der Waals surface area contributed by atoms with Crippen LogP contribution in [0.3, 0.4) is 0 Å². The molecule has 0 radical (unpaired) electrons. The average molecular weight is 391 g/mol. The minimum absolute atomic E-state index is 0.0813. The highest BCUT2D eigenvalue weighted by atomic mass is 35.5. The van der Waals surface area contributed by atoms with Crippen LogP contribution in [0.5, 0.6) is 0 Å². The van der Waals surface area contributed by atoms with Crippen LogP contribution in [0.25, 0.3) is 0 Å². The highest BCUT2D eigenvalue weighted by Gasteiger charge is 2.24. The number of hydrogen-bond acceptors (Lipinski definition) is 2. The van der Waals surface area contributed by atoms with Crippen molar-refractivity contribution in [1.82, 2.24) is 10.2 Å². The van der Waals surface area contributed by atoms with Gasteiger partial charge in [0.2, 0.25) is 5.91 Å². The smallest absolute Gasteiger partial charge is 0.251 e.